The van der Waals surface area contributed by atoms with Crippen molar-refractivity contribution in [3.63, 3.8) is 0 Å². The van der Waals surface area contributed by atoms with Crippen LogP contribution in [0.5, 0.6) is 0 Å². The van der Waals surface area contributed by atoms with Gasteiger partial charge in [0, 0.05) is 28.6 Å². The van der Waals surface area contributed by atoms with Crippen molar-refractivity contribution in [3.05, 3.63) is 38.3 Å². The number of hydrogen-bond acceptors (Lipinski definition) is 3. The number of halogens is 2. The maximum Gasteiger partial charge on any atom is 0.348 e. The monoisotopic (exact) mass is 355 g/mol. The molecule has 106 valence electrons. The molecule has 0 aliphatic carbocycles. The Balaban J connectivity index is 2.11. The minimum atomic E-state index is -0.202. The third kappa shape index (κ3) is 2.50. The van der Waals surface area contributed by atoms with Crippen molar-refractivity contribution < 1.29 is 0 Å². The standard InChI is InChI=1S/C14H15BrClN3O/c1-18-4-2-3-10(18)8-19-13-6-11(15)12(16)5-9(13)7-17-14(19)20/h5-7,10H,2-4,8H2,1H3. The van der Waals surface area contributed by atoms with Gasteiger partial charge in [-0.2, -0.15) is 0 Å². The van der Waals surface area contributed by atoms with Crippen LogP contribution in [0.15, 0.2) is 27.6 Å². The first-order chi connectivity index (χ1) is 9.56. The van der Waals surface area contributed by atoms with E-state index < -0.39 is 0 Å². The molecule has 6 heteroatoms. The molecule has 2 heterocycles. The van der Waals surface area contributed by atoms with E-state index >= 15 is 0 Å². The van der Waals surface area contributed by atoms with E-state index in [2.05, 4.69) is 32.9 Å². The van der Waals surface area contributed by atoms with Crippen LogP contribution in [0.2, 0.25) is 5.02 Å². The van der Waals surface area contributed by atoms with Crippen LogP contribution in [-0.2, 0) is 6.54 Å². The van der Waals surface area contributed by atoms with Gasteiger partial charge in [-0.15, -0.1) is 0 Å². The Morgan fingerprint density at radius 1 is 1.50 bits per heavy atom. The Hall–Kier alpha value is -0.910. The molecule has 1 fully saturated rings. The predicted octanol–water partition coefficient (Wildman–Crippen LogP) is 2.91. The summed E-state index contributed by atoms with van der Waals surface area (Å²) in [6.07, 6.45) is 3.89. The summed E-state index contributed by atoms with van der Waals surface area (Å²) in [5, 5.41) is 1.51. The van der Waals surface area contributed by atoms with Crippen molar-refractivity contribution in [2.24, 2.45) is 0 Å². The average molecular weight is 357 g/mol. The zero-order chi connectivity index (χ0) is 14.3. The molecule has 1 saturated heterocycles. The van der Waals surface area contributed by atoms with E-state index in [4.69, 9.17) is 11.6 Å². The number of nitrogens with zero attached hydrogens (tertiary/aromatic N) is 3. The van der Waals surface area contributed by atoms with Crippen LogP contribution in [0.4, 0.5) is 0 Å². The van der Waals surface area contributed by atoms with E-state index in [1.54, 1.807) is 10.8 Å². The molecular weight excluding hydrogens is 342 g/mol. The van der Waals surface area contributed by atoms with Gasteiger partial charge in [0.15, 0.2) is 0 Å². The second-order valence-electron chi connectivity index (χ2n) is 5.25. The number of benzene rings is 1. The quantitative estimate of drug-likeness (QED) is 0.830. The van der Waals surface area contributed by atoms with Crippen molar-refractivity contribution in [2.75, 3.05) is 13.6 Å². The fourth-order valence-corrected chi connectivity index (χ4v) is 3.29. The van der Waals surface area contributed by atoms with E-state index in [1.807, 2.05) is 12.1 Å². The van der Waals surface area contributed by atoms with Gasteiger partial charge in [-0.3, -0.25) is 4.57 Å². The minimum absolute atomic E-state index is 0.202. The highest BCUT2D eigenvalue weighted by Crippen LogP contribution is 2.27. The SMILES string of the molecule is CN1CCCC1Cn1c(=O)ncc2cc(Cl)c(Br)cc21. The Kier molecular flexibility index (Phi) is 3.84. The molecule has 1 aliphatic heterocycles. The summed E-state index contributed by atoms with van der Waals surface area (Å²) in [6.45, 7) is 1.76. The molecule has 1 aliphatic rings. The zero-order valence-electron chi connectivity index (χ0n) is 11.1. The first-order valence-electron chi connectivity index (χ1n) is 6.61. The van der Waals surface area contributed by atoms with Crippen LogP contribution in [0.1, 0.15) is 12.8 Å². The van der Waals surface area contributed by atoms with Crippen molar-refractivity contribution >= 4 is 38.4 Å². The lowest BCUT2D eigenvalue weighted by Crippen LogP contribution is -2.34. The summed E-state index contributed by atoms with van der Waals surface area (Å²) in [5.74, 6) is 0. The summed E-state index contributed by atoms with van der Waals surface area (Å²) >= 11 is 9.52. The third-order valence-electron chi connectivity index (χ3n) is 3.97. The molecule has 0 spiro atoms. The largest absolute Gasteiger partial charge is 0.348 e. The van der Waals surface area contributed by atoms with E-state index in [0.717, 1.165) is 28.3 Å². The molecule has 1 atom stereocenters. The summed E-state index contributed by atoms with van der Waals surface area (Å²) in [4.78, 5) is 18.4. The first-order valence-corrected chi connectivity index (χ1v) is 7.78. The maximum absolute atomic E-state index is 12.1. The van der Waals surface area contributed by atoms with Crippen molar-refractivity contribution in [2.45, 2.75) is 25.4 Å². The molecule has 1 aromatic carbocycles. The summed E-state index contributed by atoms with van der Waals surface area (Å²) < 4.78 is 2.55. The lowest BCUT2D eigenvalue weighted by Gasteiger charge is -2.21. The molecule has 0 saturated carbocycles. The molecule has 20 heavy (non-hydrogen) atoms. The smallest absolute Gasteiger partial charge is 0.302 e. The van der Waals surface area contributed by atoms with Gasteiger partial charge in [0.05, 0.1) is 10.5 Å². The summed E-state index contributed by atoms with van der Waals surface area (Å²) in [7, 11) is 2.11. The van der Waals surface area contributed by atoms with Crippen LogP contribution in [0, 0.1) is 0 Å². The van der Waals surface area contributed by atoms with E-state index in [9.17, 15) is 4.79 Å². The molecule has 0 amide bonds. The van der Waals surface area contributed by atoms with Crippen LogP contribution < -0.4 is 5.69 Å². The number of aromatic nitrogens is 2. The molecular formula is C14H15BrClN3O. The number of fused-ring (bicyclic) bond motifs is 1. The second-order valence-corrected chi connectivity index (χ2v) is 6.51. The van der Waals surface area contributed by atoms with Gasteiger partial charge in [-0.25, -0.2) is 9.78 Å². The highest BCUT2D eigenvalue weighted by Gasteiger charge is 2.22. The van der Waals surface area contributed by atoms with Gasteiger partial charge in [0.2, 0.25) is 0 Å². The van der Waals surface area contributed by atoms with Gasteiger partial charge < -0.3 is 4.90 Å². The Morgan fingerprint density at radius 3 is 3.00 bits per heavy atom. The van der Waals surface area contributed by atoms with Crippen LogP contribution >= 0.6 is 27.5 Å². The van der Waals surface area contributed by atoms with Crippen LogP contribution in [0.25, 0.3) is 10.9 Å². The van der Waals surface area contributed by atoms with E-state index in [1.165, 1.54) is 6.42 Å². The first kappa shape index (κ1) is 14.0. The van der Waals surface area contributed by atoms with E-state index in [-0.39, 0.29) is 5.69 Å². The topological polar surface area (TPSA) is 38.1 Å². The molecule has 1 aromatic heterocycles. The molecule has 3 rings (SSSR count). The lowest BCUT2D eigenvalue weighted by atomic mass is 10.2. The molecule has 1 unspecified atom stereocenters. The number of likely N-dealkylation sites (N-methyl/N-ethyl adjacent to an activating group) is 1. The summed E-state index contributed by atoms with van der Waals surface area (Å²) in [6, 6.07) is 4.13. The van der Waals surface area contributed by atoms with Gasteiger partial charge in [-0.05, 0) is 54.5 Å². The van der Waals surface area contributed by atoms with Crippen molar-refractivity contribution in [3.8, 4) is 0 Å². The number of likely N-dealkylation sites (tertiary alicyclic amines) is 1. The Bertz CT molecular complexity index is 715. The third-order valence-corrected chi connectivity index (χ3v) is 5.17. The second kappa shape index (κ2) is 5.47. The van der Waals surface area contributed by atoms with Crippen molar-refractivity contribution in [1.82, 2.24) is 14.5 Å². The average Bonchev–Trinajstić information content (AvgIpc) is 2.81. The van der Waals surface area contributed by atoms with Gasteiger partial charge in [-0.1, -0.05) is 11.6 Å². The van der Waals surface area contributed by atoms with Crippen LogP contribution in [-0.4, -0.2) is 34.1 Å². The number of hydrogen-bond donors (Lipinski definition) is 0. The maximum atomic E-state index is 12.1. The lowest BCUT2D eigenvalue weighted by molar-refractivity contribution is 0.281. The molecule has 0 bridgehead atoms. The van der Waals surface area contributed by atoms with Gasteiger partial charge >= 0.3 is 5.69 Å². The Labute approximate surface area is 130 Å². The predicted molar refractivity (Wildman–Crippen MR) is 84.4 cm³/mol. The molecule has 4 nitrogen and oxygen atoms in total. The van der Waals surface area contributed by atoms with Gasteiger partial charge in [0.25, 0.3) is 0 Å². The van der Waals surface area contributed by atoms with E-state index in [0.29, 0.717) is 17.6 Å². The molecule has 0 N–H and O–H groups in total. The zero-order valence-corrected chi connectivity index (χ0v) is 13.5. The van der Waals surface area contributed by atoms with Crippen molar-refractivity contribution in [1.29, 1.82) is 0 Å². The molecule has 0 radical (unpaired) electrons. The highest BCUT2D eigenvalue weighted by molar-refractivity contribution is 9.10. The van der Waals surface area contributed by atoms with Gasteiger partial charge in [0.1, 0.15) is 0 Å². The minimum Gasteiger partial charge on any atom is -0.302 e. The normalized spacial score (nSPS) is 19.9. The highest BCUT2D eigenvalue weighted by atomic mass is 79.9. The molecule has 2 aromatic rings. The fourth-order valence-electron chi connectivity index (χ4n) is 2.78. The summed E-state index contributed by atoms with van der Waals surface area (Å²) in [5.41, 5.74) is 0.675. The van der Waals surface area contributed by atoms with Crippen LogP contribution in [0.3, 0.4) is 0 Å². The fraction of sp³-hybridized carbons (Fsp3) is 0.429. The Morgan fingerprint density at radius 2 is 2.30 bits per heavy atom. The number of rotatable bonds is 2.